The summed E-state index contributed by atoms with van der Waals surface area (Å²) in [4.78, 5) is 25.8. The number of hydrogen-bond donors (Lipinski definition) is 1. The number of H-pyrrole nitrogens is 1. The van der Waals surface area contributed by atoms with Crippen molar-refractivity contribution in [2.75, 3.05) is 0 Å². The number of aromatic nitrogens is 6. The van der Waals surface area contributed by atoms with E-state index in [-0.39, 0.29) is 5.43 Å². The average Bonchev–Trinajstić information content (AvgIpc) is 3.29. The normalized spacial score (nSPS) is 11.4. The molecule has 5 rings (SSSR count). The third-order valence-corrected chi connectivity index (χ3v) is 5.02. The quantitative estimate of drug-likeness (QED) is 0.523. The van der Waals surface area contributed by atoms with Crippen molar-refractivity contribution in [2.24, 2.45) is 7.05 Å². The zero-order valence-corrected chi connectivity index (χ0v) is 14.5. The van der Waals surface area contributed by atoms with Gasteiger partial charge in [-0.1, -0.05) is 6.07 Å². The number of thiazole rings is 1. The SMILES string of the molecule is Cn1ncc(-c2nc3[nH]ccc(=O)c3cc2-c2ccc3ncsc3c2)n1. The Bertz CT molecular complexity index is 1330. The van der Waals surface area contributed by atoms with E-state index in [1.165, 1.54) is 10.9 Å². The van der Waals surface area contributed by atoms with Crippen LogP contribution in [0.25, 0.3) is 43.8 Å². The highest BCUT2D eigenvalue weighted by Gasteiger charge is 2.16. The number of aryl methyl sites for hydroxylation is 1. The Kier molecular flexibility index (Phi) is 3.19. The lowest BCUT2D eigenvalue weighted by atomic mass is 10.0. The fourth-order valence-electron chi connectivity index (χ4n) is 2.99. The van der Waals surface area contributed by atoms with E-state index in [0.29, 0.717) is 22.4 Å². The Hall–Kier alpha value is -3.39. The smallest absolute Gasteiger partial charge is 0.191 e. The molecule has 0 aliphatic heterocycles. The molecule has 0 aliphatic rings. The van der Waals surface area contributed by atoms with Crippen LogP contribution >= 0.6 is 11.3 Å². The van der Waals surface area contributed by atoms with Gasteiger partial charge in [-0.3, -0.25) is 4.79 Å². The Morgan fingerprint density at radius 3 is 2.96 bits per heavy atom. The van der Waals surface area contributed by atoms with Crippen LogP contribution < -0.4 is 5.43 Å². The standard InChI is InChI=1S/C18H12N6OS/c1-24-21-8-14(23-24)17-11(7-12-15(25)4-5-19-18(12)22-17)10-2-3-13-16(6-10)26-9-20-13/h2-9H,1H3,(H,19,22,25). The Balaban J connectivity index is 1.86. The van der Waals surface area contributed by atoms with Gasteiger partial charge in [-0.25, -0.2) is 9.97 Å². The van der Waals surface area contributed by atoms with Gasteiger partial charge in [-0.05, 0) is 23.8 Å². The molecule has 0 atom stereocenters. The van der Waals surface area contributed by atoms with Crippen LogP contribution in [-0.4, -0.2) is 29.9 Å². The molecule has 4 aromatic heterocycles. The van der Waals surface area contributed by atoms with Crippen molar-refractivity contribution >= 4 is 32.6 Å². The third-order valence-electron chi connectivity index (χ3n) is 4.23. The fourth-order valence-corrected chi connectivity index (χ4v) is 3.71. The number of fused-ring (bicyclic) bond motifs is 2. The molecule has 0 fully saturated rings. The molecule has 0 radical (unpaired) electrons. The second-order valence-corrected chi connectivity index (χ2v) is 6.76. The second kappa shape index (κ2) is 5.57. The van der Waals surface area contributed by atoms with Crippen molar-refractivity contribution in [3.8, 4) is 22.5 Å². The van der Waals surface area contributed by atoms with Crippen molar-refractivity contribution < 1.29 is 0 Å². The number of benzene rings is 1. The molecular formula is C18H12N6OS. The van der Waals surface area contributed by atoms with Crippen LogP contribution in [0, 0.1) is 0 Å². The highest BCUT2D eigenvalue weighted by atomic mass is 32.1. The van der Waals surface area contributed by atoms with Crippen LogP contribution in [0.2, 0.25) is 0 Å². The average molecular weight is 360 g/mol. The summed E-state index contributed by atoms with van der Waals surface area (Å²) >= 11 is 1.58. The molecular weight excluding hydrogens is 348 g/mol. The van der Waals surface area contributed by atoms with Gasteiger partial charge < -0.3 is 4.98 Å². The molecule has 4 heterocycles. The summed E-state index contributed by atoms with van der Waals surface area (Å²) < 4.78 is 1.08. The summed E-state index contributed by atoms with van der Waals surface area (Å²) in [7, 11) is 1.76. The van der Waals surface area contributed by atoms with Gasteiger partial charge in [-0.2, -0.15) is 15.0 Å². The van der Waals surface area contributed by atoms with Gasteiger partial charge in [-0.15, -0.1) is 11.3 Å². The number of nitrogens with zero attached hydrogens (tertiary/aromatic N) is 5. The van der Waals surface area contributed by atoms with E-state index in [2.05, 4.69) is 31.2 Å². The molecule has 0 spiro atoms. The second-order valence-electron chi connectivity index (χ2n) is 5.88. The molecule has 5 aromatic rings. The minimum atomic E-state index is -0.0722. The first-order valence-corrected chi connectivity index (χ1v) is 8.80. The Morgan fingerprint density at radius 1 is 1.19 bits per heavy atom. The molecule has 1 N–H and O–H groups in total. The number of hydrogen-bond acceptors (Lipinski definition) is 6. The Labute approximate surface area is 151 Å². The van der Waals surface area contributed by atoms with Crippen molar-refractivity contribution in [3.05, 3.63) is 58.5 Å². The molecule has 0 bridgehead atoms. The van der Waals surface area contributed by atoms with Crippen molar-refractivity contribution in [3.63, 3.8) is 0 Å². The molecule has 0 aliphatic carbocycles. The van der Waals surface area contributed by atoms with Gasteiger partial charge in [0, 0.05) is 24.9 Å². The zero-order chi connectivity index (χ0) is 17.7. The van der Waals surface area contributed by atoms with Gasteiger partial charge in [0.25, 0.3) is 0 Å². The molecule has 0 unspecified atom stereocenters. The van der Waals surface area contributed by atoms with Gasteiger partial charge in [0.1, 0.15) is 17.0 Å². The molecule has 126 valence electrons. The number of aromatic amines is 1. The number of pyridine rings is 2. The fraction of sp³-hybridized carbons (Fsp3) is 0.0556. The van der Waals surface area contributed by atoms with Crippen molar-refractivity contribution in [1.82, 2.24) is 29.9 Å². The highest BCUT2D eigenvalue weighted by Crippen LogP contribution is 2.33. The van der Waals surface area contributed by atoms with Gasteiger partial charge >= 0.3 is 0 Å². The first-order chi connectivity index (χ1) is 12.7. The van der Waals surface area contributed by atoms with Crippen LogP contribution in [0.15, 0.2) is 53.0 Å². The topological polar surface area (TPSA) is 89.4 Å². The van der Waals surface area contributed by atoms with Gasteiger partial charge in [0.2, 0.25) is 0 Å². The lowest BCUT2D eigenvalue weighted by molar-refractivity contribution is 0.655. The summed E-state index contributed by atoms with van der Waals surface area (Å²) in [5.74, 6) is 0. The molecule has 26 heavy (non-hydrogen) atoms. The predicted octanol–water partition coefficient (Wildman–Crippen LogP) is 3.00. The van der Waals surface area contributed by atoms with Crippen LogP contribution in [0.5, 0.6) is 0 Å². The maximum absolute atomic E-state index is 12.3. The first kappa shape index (κ1) is 14.9. The van der Waals surface area contributed by atoms with Crippen molar-refractivity contribution in [1.29, 1.82) is 0 Å². The maximum atomic E-state index is 12.3. The highest BCUT2D eigenvalue weighted by molar-refractivity contribution is 7.16. The van der Waals surface area contributed by atoms with E-state index in [4.69, 9.17) is 0 Å². The van der Waals surface area contributed by atoms with E-state index in [1.807, 2.05) is 23.7 Å². The summed E-state index contributed by atoms with van der Waals surface area (Å²) in [5, 5.41) is 9.08. The minimum Gasteiger partial charge on any atom is -0.346 e. The molecule has 1 aromatic carbocycles. The minimum absolute atomic E-state index is 0.0722. The van der Waals surface area contributed by atoms with Crippen LogP contribution in [0.4, 0.5) is 0 Å². The summed E-state index contributed by atoms with van der Waals surface area (Å²) in [5.41, 5.74) is 6.35. The molecule has 0 saturated heterocycles. The number of rotatable bonds is 2. The largest absolute Gasteiger partial charge is 0.346 e. The lowest BCUT2D eigenvalue weighted by Gasteiger charge is -2.09. The lowest BCUT2D eigenvalue weighted by Crippen LogP contribution is -2.03. The first-order valence-electron chi connectivity index (χ1n) is 7.92. The van der Waals surface area contributed by atoms with E-state index in [0.717, 1.165) is 21.3 Å². The predicted molar refractivity (Wildman–Crippen MR) is 101 cm³/mol. The molecule has 0 saturated carbocycles. The monoisotopic (exact) mass is 360 g/mol. The van der Waals surface area contributed by atoms with E-state index in [9.17, 15) is 4.79 Å². The molecule has 8 heteroatoms. The third kappa shape index (κ3) is 2.31. The summed E-state index contributed by atoms with van der Waals surface area (Å²) in [6.45, 7) is 0. The van der Waals surface area contributed by atoms with E-state index >= 15 is 0 Å². The van der Waals surface area contributed by atoms with Gasteiger partial charge in [0.05, 0.1) is 27.3 Å². The zero-order valence-electron chi connectivity index (χ0n) is 13.7. The van der Waals surface area contributed by atoms with Gasteiger partial charge in [0.15, 0.2) is 5.43 Å². The summed E-state index contributed by atoms with van der Waals surface area (Å²) in [6.07, 6.45) is 3.27. The van der Waals surface area contributed by atoms with E-state index in [1.54, 1.807) is 30.8 Å². The molecule has 0 amide bonds. The maximum Gasteiger partial charge on any atom is 0.191 e. The summed E-state index contributed by atoms with van der Waals surface area (Å²) in [6, 6.07) is 9.39. The van der Waals surface area contributed by atoms with E-state index < -0.39 is 0 Å². The van der Waals surface area contributed by atoms with Crippen LogP contribution in [0.3, 0.4) is 0 Å². The molecule has 7 nitrogen and oxygen atoms in total. The number of nitrogens with one attached hydrogen (secondary N) is 1. The van der Waals surface area contributed by atoms with Crippen LogP contribution in [0.1, 0.15) is 0 Å². The van der Waals surface area contributed by atoms with Crippen LogP contribution in [-0.2, 0) is 7.05 Å². The Morgan fingerprint density at radius 2 is 2.12 bits per heavy atom. The van der Waals surface area contributed by atoms with Crippen molar-refractivity contribution in [2.45, 2.75) is 0 Å².